The van der Waals surface area contributed by atoms with Gasteiger partial charge in [0.2, 0.25) is 0 Å². The van der Waals surface area contributed by atoms with Crippen LogP contribution in [0.25, 0.3) is 0 Å². The molecule has 0 saturated carbocycles. The van der Waals surface area contributed by atoms with Crippen LogP contribution in [-0.4, -0.2) is 29.7 Å². The van der Waals surface area contributed by atoms with Gasteiger partial charge in [0, 0.05) is 29.7 Å². The van der Waals surface area contributed by atoms with Gasteiger partial charge in [0.25, 0.3) is 0 Å². The van der Waals surface area contributed by atoms with E-state index in [1.54, 1.807) is 0 Å². The molecule has 1 fully saturated rings. The van der Waals surface area contributed by atoms with Crippen LogP contribution in [0.4, 0.5) is 0 Å². The van der Waals surface area contributed by atoms with E-state index in [1.807, 2.05) is 0 Å². The molecule has 0 aliphatic carbocycles. The third-order valence-electron chi connectivity index (χ3n) is 3.06. The van der Waals surface area contributed by atoms with Crippen LogP contribution in [0.3, 0.4) is 0 Å². The smallest absolute Gasteiger partial charge is 0.0164 e. The highest BCUT2D eigenvalue weighted by Crippen LogP contribution is 2.28. The molecule has 4 N–H and O–H groups in total. The van der Waals surface area contributed by atoms with Crippen molar-refractivity contribution in [2.45, 2.75) is 70.6 Å². The van der Waals surface area contributed by atoms with E-state index >= 15 is 0 Å². The second-order valence-corrected chi connectivity index (χ2v) is 6.30. The molecule has 0 spiro atoms. The third-order valence-corrected chi connectivity index (χ3v) is 3.06. The summed E-state index contributed by atoms with van der Waals surface area (Å²) in [6, 6.07) is 0.995. The maximum atomic E-state index is 5.65. The van der Waals surface area contributed by atoms with E-state index in [0.717, 1.165) is 0 Å². The molecule has 0 bridgehead atoms. The van der Waals surface area contributed by atoms with Crippen LogP contribution in [0.5, 0.6) is 0 Å². The molecule has 1 atom stereocenters. The average molecular weight is 213 g/mol. The lowest BCUT2D eigenvalue weighted by Gasteiger charge is -2.47. The van der Waals surface area contributed by atoms with Crippen molar-refractivity contribution in [3.63, 3.8) is 0 Å². The van der Waals surface area contributed by atoms with Gasteiger partial charge in [0.1, 0.15) is 0 Å². The molecule has 0 radical (unpaired) electrons. The Morgan fingerprint density at radius 3 is 2.13 bits per heavy atom. The Kier molecular flexibility index (Phi) is 3.80. The average Bonchev–Trinajstić information content (AvgIpc) is 1.97. The van der Waals surface area contributed by atoms with Gasteiger partial charge in [-0.1, -0.05) is 0 Å². The summed E-state index contributed by atoms with van der Waals surface area (Å²) in [5.41, 5.74) is 6.08. The van der Waals surface area contributed by atoms with Crippen LogP contribution in [0.2, 0.25) is 0 Å². The lowest BCUT2D eigenvalue weighted by Crippen LogP contribution is -2.62. The van der Waals surface area contributed by atoms with E-state index in [1.165, 1.54) is 12.8 Å². The number of nitrogens with two attached hydrogens (primary N) is 1. The van der Waals surface area contributed by atoms with Crippen molar-refractivity contribution in [1.82, 2.24) is 10.6 Å². The summed E-state index contributed by atoms with van der Waals surface area (Å²) >= 11 is 0. The van der Waals surface area contributed by atoms with Crippen molar-refractivity contribution >= 4 is 0 Å². The second kappa shape index (κ2) is 4.40. The van der Waals surface area contributed by atoms with Crippen molar-refractivity contribution in [3.05, 3.63) is 0 Å². The van der Waals surface area contributed by atoms with Gasteiger partial charge < -0.3 is 16.4 Å². The predicted molar refractivity (Wildman–Crippen MR) is 66.0 cm³/mol. The van der Waals surface area contributed by atoms with E-state index in [2.05, 4.69) is 45.3 Å². The van der Waals surface area contributed by atoms with Crippen LogP contribution >= 0.6 is 0 Å². The standard InChI is InChI=1S/C12H27N3/c1-9(8-13)14-10-6-11(2,3)15-12(4,5)7-10/h9-10,14-15H,6-8,13H2,1-5H3. The summed E-state index contributed by atoms with van der Waals surface area (Å²) in [6.07, 6.45) is 2.33. The molecule has 1 saturated heterocycles. The molecule has 15 heavy (non-hydrogen) atoms. The molecule has 1 rings (SSSR count). The normalized spacial score (nSPS) is 27.6. The molecule has 0 aromatic carbocycles. The summed E-state index contributed by atoms with van der Waals surface area (Å²) in [5, 5.41) is 7.30. The van der Waals surface area contributed by atoms with E-state index in [-0.39, 0.29) is 11.1 Å². The van der Waals surface area contributed by atoms with Crippen molar-refractivity contribution in [3.8, 4) is 0 Å². The van der Waals surface area contributed by atoms with Crippen LogP contribution in [-0.2, 0) is 0 Å². The molecule has 3 heteroatoms. The van der Waals surface area contributed by atoms with Gasteiger partial charge in [0.05, 0.1) is 0 Å². The Labute approximate surface area is 94.2 Å². The summed E-state index contributed by atoms with van der Waals surface area (Å²) in [6.45, 7) is 12.0. The molecule has 1 aliphatic rings. The Morgan fingerprint density at radius 2 is 1.73 bits per heavy atom. The first-order valence-electron chi connectivity index (χ1n) is 5.99. The first kappa shape index (κ1) is 12.9. The fourth-order valence-corrected chi connectivity index (χ4v) is 2.91. The van der Waals surface area contributed by atoms with Gasteiger partial charge in [-0.25, -0.2) is 0 Å². The van der Waals surface area contributed by atoms with Crippen molar-refractivity contribution in [1.29, 1.82) is 0 Å². The van der Waals surface area contributed by atoms with Gasteiger partial charge in [-0.15, -0.1) is 0 Å². The summed E-state index contributed by atoms with van der Waals surface area (Å²) in [7, 11) is 0. The fraction of sp³-hybridized carbons (Fsp3) is 1.00. The summed E-state index contributed by atoms with van der Waals surface area (Å²) < 4.78 is 0. The lowest BCUT2D eigenvalue weighted by molar-refractivity contribution is 0.141. The second-order valence-electron chi connectivity index (χ2n) is 6.30. The monoisotopic (exact) mass is 213 g/mol. The van der Waals surface area contributed by atoms with Gasteiger partial charge in [-0.3, -0.25) is 0 Å². The van der Waals surface area contributed by atoms with Crippen molar-refractivity contribution < 1.29 is 0 Å². The zero-order valence-electron chi connectivity index (χ0n) is 10.9. The highest BCUT2D eigenvalue weighted by molar-refractivity contribution is 4.99. The van der Waals surface area contributed by atoms with Crippen LogP contribution in [0.1, 0.15) is 47.5 Å². The predicted octanol–water partition coefficient (Wildman–Crippen LogP) is 1.23. The third kappa shape index (κ3) is 4.09. The Bertz CT molecular complexity index is 195. The van der Waals surface area contributed by atoms with E-state index < -0.39 is 0 Å². The Balaban J connectivity index is 2.59. The molecule has 1 aliphatic heterocycles. The first-order valence-corrected chi connectivity index (χ1v) is 5.99. The fourth-order valence-electron chi connectivity index (χ4n) is 2.91. The molecule has 0 aromatic rings. The van der Waals surface area contributed by atoms with Crippen molar-refractivity contribution in [2.24, 2.45) is 5.73 Å². The molecule has 3 nitrogen and oxygen atoms in total. The lowest BCUT2D eigenvalue weighted by atomic mass is 9.79. The van der Waals surface area contributed by atoms with Gasteiger partial charge in [-0.05, 0) is 47.5 Å². The number of nitrogens with one attached hydrogen (secondary N) is 2. The minimum absolute atomic E-state index is 0.216. The van der Waals surface area contributed by atoms with Crippen molar-refractivity contribution in [2.75, 3.05) is 6.54 Å². The van der Waals surface area contributed by atoms with Gasteiger partial charge >= 0.3 is 0 Å². The zero-order chi connectivity index (χ0) is 11.7. The molecule has 0 amide bonds. The van der Waals surface area contributed by atoms with Crippen LogP contribution < -0.4 is 16.4 Å². The SMILES string of the molecule is CC(CN)NC1CC(C)(C)NC(C)(C)C1. The number of hydrogen-bond acceptors (Lipinski definition) is 3. The number of hydrogen-bond donors (Lipinski definition) is 3. The highest BCUT2D eigenvalue weighted by atomic mass is 15.1. The maximum absolute atomic E-state index is 5.65. The topological polar surface area (TPSA) is 50.1 Å². The molecular formula is C12H27N3. The van der Waals surface area contributed by atoms with E-state index in [9.17, 15) is 0 Å². The van der Waals surface area contributed by atoms with Gasteiger partial charge in [-0.2, -0.15) is 0 Å². The first-order chi connectivity index (χ1) is 6.74. The molecule has 1 unspecified atom stereocenters. The minimum Gasteiger partial charge on any atom is -0.329 e. The van der Waals surface area contributed by atoms with Crippen LogP contribution in [0, 0.1) is 0 Å². The Morgan fingerprint density at radius 1 is 1.27 bits per heavy atom. The molecule has 1 heterocycles. The number of piperidine rings is 1. The summed E-state index contributed by atoms with van der Waals surface area (Å²) in [4.78, 5) is 0. The van der Waals surface area contributed by atoms with E-state index in [0.29, 0.717) is 18.6 Å². The number of rotatable bonds is 3. The molecule has 0 aromatic heterocycles. The largest absolute Gasteiger partial charge is 0.329 e. The maximum Gasteiger partial charge on any atom is 0.0164 e. The Hall–Kier alpha value is -0.120. The van der Waals surface area contributed by atoms with Crippen LogP contribution in [0.15, 0.2) is 0 Å². The van der Waals surface area contributed by atoms with E-state index in [4.69, 9.17) is 5.73 Å². The summed E-state index contributed by atoms with van der Waals surface area (Å²) in [5.74, 6) is 0. The highest BCUT2D eigenvalue weighted by Gasteiger charge is 2.37. The quantitative estimate of drug-likeness (QED) is 0.661. The minimum atomic E-state index is 0.216. The molecular weight excluding hydrogens is 186 g/mol. The zero-order valence-corrected chi connectivity index (χ0v) is 10.9. The van der Waals surface area contributed by atoms with Gasteiger partial charge in [0.15, 0.2) is 0 Å². The molecule has 90 valence electrons.